The van der Waals surface area contributed by atoms with Crippen molar-refractivity contribution in [1.29, 1.82) is 0 Å². The van der Waals surface area contributed by atoms with Crippen LogP contribution in [0.1, 0.15) is 34.1 Å². The van der Waals surface area contributed by atoms with Gasteiger partial charge in [-0.3, -0.25) is 9.59 Å². The summed E-state index contributed by atoms with van der Waals surface area (Å²) in [6.45, 7) is 3.77. The van der Waals surface area contributed by atoms with Gasteiger partial charge in [0.1, 0.15) is 24.7 Å². The molecule has 8 heteroatoms. The molecule has 0 bridgehead atoms. The molecule has 0 fully saturated rings. The highest BCUT2D eigenvalue weighted by Gasteiger charge is 2.12. The summed E-state index contributed by atoms with van der Waals surface area (Å²) in [4.78, 5) is 24.6. The van der Waals surface area contributed by atoms with Crippen LogP contribution in [0.4, 0.5) is 0 Å². The van der Waals surface area contributed by atoms with Crippen molar-refractivity contribution < 1.29 is 28.9 Å². The Morgan fingerprint density at radius 3 is 2.11 bits per heavy atom. The fraction of sp³-hybridized carbons (Fsp3) is 0.259. The first-order valence-electron chi connectivity index (χ1n) is 11.5. The molecule has 0 saturated heterocycles. The van der Waals surface area contributed by atoms with E-state index in [1.54, 1.807) is 30.3 Å². The number of para-hydroxylation sites is 1. The molecular weight excluding hydrogens is 448 g/mol. The van der Waals surface area contributed by atoms with Crippen LogP contribution in [-0.2, 0) is 0 Å². The molecule has 0 heterocycles. The molecule has 0 spiro atoms. The molecule has 2 amide bonds. The highest BCUT2D eigenvalue weighted by atomic mass is 16.5. The van der Waals surface area contributed by atoms with Gasteiger partial charge in [-0.2, -0.15) is 0 Å². The van der Waals surface area contributed by atoms with Crippen LogP contribution >= 0.6 is 0 Å². The predicted octanol–water partition coefficient (Wildman–Crippen LogP) is 3.80. The number of amides is 2. The maximum Gasteiger partial charge on any atom is 0.251 e. The molecule has 0 aliphatic rings. The van der Waals surface area contributed by atoms with Gasteiger partial charge in [0.2, 0.25) is 0 Å². The van der Waals surface area contributed by atoms with Gasteiger partial charge in [-0.15, -0.1) is 0 Å². The van der Waals surface area contributed by atoms with E-state index < -0.39 is 0 Å². The summed E-state index contributed by atoms with van der Waals surface area (Å²) in [5, 5.41) is 15.1. The van der Waals surface area contributed by atoms with E-state index in [0.717, 1.165) is 5.75 Å². The molecular formula is C27H30N2O6. The minimum absolute atomic E-state index is 0.0354. The number of ether oxygens (including phenoxy) is 3. The average molecular weight is 479 g/mol. The number of hydrogen-bond donors (Lipinski definition) is 3. The number of aromatic hydroxyl groups is 1. The number of carbonyl (C=O) groups is 2. The van der Waals surface area contributed by atoms with Gasteiger partial charge in [0.25, 0.3) is 11.8 Å². The van der Waals surface area contributed by atoms with Crippen molar-refractivity contribution in [3.05, 3.63) is 83.9 Å². The van der Waals surface area contributed by atoms with Crippen molar-refractivity contribution in [2.45, 2.75) is 13.3 Å². The molecule has 3 aromatic carbocycles. The van der Waals surface area contributed by atoms with Crippen LogP contribution in [0, 0.1) is 0 Å². The van der Waals surface area contributed by atoms with Crippen molar-refractivity contribution in [3.63, 3.8) is 0 Å². The number of hydrogen-bond acceptors (Lipinski definition) is 6. The molecule has 184 valence electrons. The zero-order valence-electron chi connectivity index (χ0n) is 19.7. The van der Waals surface area contributed by atoms with Crippen LogP contribution in [0.2, 0.25) is 0 Å². The molecule has 8 nitrogen and oxygen atoms in total. The summed E-state index contributed by atoms with van der Waals surface area (Å²) in [6.07, 6.45) is 0.553. The highest BCUT2D eigenvalue weighted by Crippen LogP contribution is 2.28. The first-order chi connectivity index (χ1) is 17.1. The zero-order chi connectivity index (χ0) is 24.9. The van der Waals surface area contributed by atoms with E-state index in [1.165, 1.54) is 12.1 Å². The summed E-state index contributed by atoms with van der Waals surface area (Å²) in [6, 6.07) is 20.6. The highest BCUT2D eigenvalue weighted by molar-refractivity contribution is 5.95. The van der Waals surface area contributed by atoms with Crippen molar-refractivity contribution >= 4 is 11.8 Å². The predicted molar refractivity (Wildman–Crippen MR) is 132 cm³/mol. The van der Waals surface area contributed by atoms with Crippen molar-refractivity contribution in [2.75, 3.05) is 32.9 Å². The largest absolute Gasteiger partial charge is 0.508 e. The summed E-state index contributed by atoms with van der Waals surface area (Å²) in [5.74, 6) is 1.30. The van der Waals surface area contributed by atoms with Crippen LogP contribution in [0.3, 0.4) is 0 Å². The topological polar surface area (TPSA) is 106 Å². The number of carbonyl (C=O) groups excluding carboxylic acids is 2. The van der Waals surface area contributed by atoms with Gasteiger partial charge >= 0.3 is 0 Å². The summed E-state index contributed by atoms with van der Waals surface area (Å²) in [7, 11) is 0. The monoisotopic (exact) mass is 478 g/mol. The SMILES string of the molecule is CCOc1cc(C(=O)NCCCNC(=O)c2cccc(O)c2)ccc1OCCOc1ccccc1. The lowest BCUT2D eigenvalue weighted by Crippen LogP contribution is -2.29. The Labute approximate surface area is 204 Å². The molecule has 3 N–H and O–H groups in total. The Balaban J connectivity index is 1.42. The molecule has 0 radical (unpaired) electrons. The van der Waals surface area contributed by atoms with E-state index in [2.05, 4.69) is 10.6 Å². The Kier molecular flexibility index (Phi) is 9.80. The van der Waals surface area contributed by atoms with E-state index in [9.17, 15) is 14.7 Å². The lowest BCUT2D eigenvalue weighted by atomic mass is 10.2. The zero-order valence-corrected chi connectivity index (χ0v) is 19.7. The van der Waals surface area contributed by atoms with Crippen molar-refractivity contribution in [1.82, 2.24) is 10.6 Å². The molecule has 0 aliphatic carbocycles. The Hall–Kier alpha value is -4.20. The number of nitrogens with one attached hydrogen (secondary N) is 2. The fourth-order valence-electron chi connectivity index (χ4n) is 3.21. The van der Waals surface area contributed by atoms with E-state index in [0.29, 0.717) is 62.0 Å². The maximum absolute atomic E-state index is 12.5. The van der Waals surface area contributed by atoms with E-state index in [4.69, 9.17) is 14.2 Å². The number of phenolic OH excluding ortho intramolecular Hbond substituents is 1. The lowest BCUT2D eigenvalue weighted by molar-refractivity contribution is 0.0951. The molecule has 35 heavy (non-hydrogen) atoms. The van der Waals surface area contributed by atoms with Gasteiger partial charge in [-0.1, -0.05) is 24.3 Å². The normalized spacial score (nSPS) is 10.3. The summed E-state index contributed by atoms with van der Waals surface area (Å²) < 4.78 is 17.1. The standard InChI is InChI=1S/C27H30N2O6/c1-2-33-25-19-21(12-13-24(25)35-17-16-34-23-10-4-3-5-11-23)27(32)29-15-7-14-28-26(31)20-8-6-9-22(30)18-20/h3-6,8-13,18-19,30H,2,7,14-17H2,1H3,(H,28,31)(H,29,32). The minimum atomic E-state index is -0.279. The van der Waals surface area contributed by atoms with Gasteiger partial charge in [-0.05, 0) is 61.9 Å². The van der Waals surface area contributed by atoms with Crippen LogP contribution in [-0.4, -0.2) is 49.8 Å². The van der Waals surface area contributed by atoms with Gasteiger partial charge in [0.05, 0.1) is 6.61 Å². The second kappa shape index (κ2) is 13.5. The Bertz CT molecular complexity index is 1100. The third-order valence-electron chi connectivity index (χ3n) is 4.89. The summed E-state index contributed by atoms with van der Waals surface area (Å²) >= 11 is 0. The van der Waals surface area contributed by atoms with Gasteiger partial charge in [-0.25, -0.2) is 0 Å². The number of benzene rings is 3. The van der Waals surface area contributed by atoms with E-state index in [-0.39, 0.29) is 17.6 Å². The first-order valence-corrected chi connectivity index (χ1v) is 11.5. The molecule has 0 atom stereocenters. The van der Waals surface area contributed by atoms with E-state index >= 15 is 0 Å². The maximum atomic E-state index is 12.5. The van der Waals surface area contributed by atoms with Crippen molar-refractivity contribution in [3.8, 4) is 23.0 Å². The average Bonchev–Trinajstić information content (AvgIpc) is 2.87. The molecule has 3 rings (SSSR count). The fourth-order valence-corrected chi connectivity index (χ4v) is 3.21. The third-order valence-corrected chi connectivity index (χ3v) is 4.89. The van der Waals surface area contributed by atoms with Crippen LogP contribution in [0.15, 0.2) is 72.8 Å². The quantitative estimate of drug-likeness (QED) is 0.323. The first kappa shape index (κ1) is 25.4. The second-order valence-electron chi connectivity index (χ2n) is 7.52. The van der Waals surface area contributed by atoms with Crippen LogP contribution in [0.5, 0.6) is 23.0 Å². The van der Waals surface area contributed by atoms with Crippen LogP contribution < -0.4 is 24.8 Å². The summed E-state index contributed by atoms with van der Waals surface area (Å²) in [5.41, 5.74) is 0.830. The third kappa shape index (κ3) is 8.26. The molecule has 3 aromatic rings. The Morgan fingerprint density at radius 2 is 1.43 bits per heavy atom. The van der Waals surface area contributed by atoms with Crippen molar-refractivity contribution in [2.24, 2.45) is 0 Å². The molecule has 0 saturated carbocycles. The Morgan fingerprint density at radius 1 is 0.743 bits per heavy atom. The second-order valence-corrected chi connectivity index (χ2v) is 7.52. The van der Waals surface area contributed by atoms with Gasteiger partial charge in [0.15, 0.2) is 11.5 Å². The lowest BCUT2D eigenvalue weighted by Gasteiger charge is -2.14. The minimum Gasteiger partial charge on any atom is -0.508 e. The van der Waals surface area contributed by atoms with Gasteiger partial charge < -0.3 is 30.0 Å². The number of phenols is 1. The molecule has 0 aromatic heterocycles. The van der Waals surface area contributed by atoms with Gasteiger partial charge in [0, 0.05) is 24.2 Å². The van der Waals surface area contributed by atoms with Crippen LogP contribution in [0.25, 0.3) is 0 Å². The molecule has 0 unspecified atom stereocenters. The molecule has 0 aliphatic heterocycles. The number of rotatable bonds is 13. The smallest absolute Gasteiger partial charge is 0.251 e. The van der Waals surface area contributed by atoms with E-state index in [1.807, 2.05) is 37.3 Å².